The number of methoxy groups -OCH3 is 1. The van der Waals surface area contributed by atoms with Crippen molar-refractivity contribution in [2.75, 3.05) is 44.7 Å². The Balaban J connectivity index is 0.00000216. The number of ether oxygens (including phenoxy) is 2. The zero-order valence-electron chi connectivity index (χ0n) is 20.2. The molecule has 186 valence electrons. The van der Waals surface area contributed by atoms with Crippen LogP contribution >= 0.6 is 24.8 Å². The highest BCUT2D eigenvalue weighted by molar-refractivity contribution is 5.85. The topological polar surface area (TPSA) is 48.7 Å². The molecular formula is C28H33Cl2N3O2. The van der Waals surface area contributed by atoms with Crippen molar-refractivity contribution in [1.82, 2.24) is 4.90 Å². The fraction of sp³-hybridized carbons (Fsp3) is 0.321. The minimum Gasteiger partial charge on any atom is -0.495 e. The third-order valence-electron chi connectivity index (χ3n) is 6.22. The molecule has 1 fully saturated rings. The summed E-state index contributed by atoms with van der Waals surface area (Å²) in [6.45, 7) is 7.04. The number of benzene rings is 3. The predicted octanol–water partition coefficient (Wildman–Crippen LogP) is 6.05. The first-order valence-corrected chi connectivity index (χ1v) is 11.5. The van der Waals surface area contributed by atoms with E-state index in [2.05, 4.69) is 59.2 Å². The summed E-state index contributed by atoms with van der Waals surface area (Å²) in [5, 5.41) is 9.06. The first kappa shape index (κ1) is 28.3. The third-order valence-corrected chi connectivity index (χ3v) is 6.22. The molecule has 0 amide bonds. The van der Waals surface area contributed by atoms with Crippen LogP contribution in [0.3, 0.4) is 0 Å². The van der Waals surface area contributed by atoms with Crippen molar-refractivity contribution in [2.45, 2.75) is 19.4 Å². The van der Waals surface area contributed by atoms with Gasteiger partial charge in [-0.05, 0) is 48.9 Å². The van der Waals surface area contributed by atoms with E-state index in [0.717, 1.165) is 50.6 Å². The van der Waals surface area contributed by atoms with E-state index < -0.39 is 0 Å². The lowest BCUT2D eigenvalue weighted by molar-refractivity contribution is 0.160. The highest BCUT2D eigenvalue weighted by Gasteiger charge is 2.21. The third kappa shape index (κ3) is 7.53. The van der Waals surface area contributed by atoms with Gasteiger partial charge in [-0.25, -0.2) is 0 Å². The number of anilines is 1. The van der Waals surface area contributed by atoms with Crippen LogP contribution in [0, 0.1) is 18.3 Å². The van der Waals surface area contributed by atoms with Crippen LogP contribution in [0.4, 0.5) is 5.69 Å². The molecule has 0 aliphatic carbocycles. The average Bonchev–Trinajstić information content (AvgIpc) is 2.88. The van der Waals surface area contributed by atoms with Gasteiger partial charge in [0.2, 0.25) is 0 Å². The SMILES string of the molecule is COc1ccccc1N1CCN(CC[C@H](Oc2ccc(C#N)cc2)c2ccc(C)cc2)CC1.Cl.Cl. The maximum Gasteiger partial charge on any atom is 0.142 e. The number of halogens is 2. The van der Waals surface area contributed by atoms with Gasteiger partial charge in [-0.3, -0.25) is 4.90 Å². The second kappa shape index (κ2) is 13.8. The zero-order valence-corrected chi connectivity index (χ0v) is 21.9. The lowest BCUT2D eigenvalue weighted by Gasteiger charge is -2.37. The molecule has 1 heterocycles. The quantitative estimate of drug-likeness (QED) is 0.366. The van der Waals surface area contributed by atoms with Crippen LogP contribution in [0.25, 0.3) is 0 Å². The molecule has 7 heteroatoms. The van der Waals surface area contributed by atoms with Crippen molar-refractivity contribution in [2.24, 2.45) is 0 Å². The number of rotatable bonds is 8. The highest BCUT2D eigenvalue weighted by Crippen LogP contribution is 2.29. The number of nitrogens with zero attached hydrogens (tertiary/aromatic N) is 3. The Hall–Kier alpha value is -2.91. The van der Waals surface area contributed by atoms with E-state index in [1.165, 1.54) is 16.8 Å². The molecule has 1 atom stereocenters. The normalized spacial score (nSPS) is 14.1. The largest absolute Gasteiger partial charge is 0.495 e. The second-order valence-corrected chi connectivity index (χ2v) is 8.44. The van der Waals surface area contributed by atoms with Crippen molar-refractivity contribution >= 4 is 30.5 Å². The van der Waals surface area contributed by atoms with Crippen molar-refractivity contribution in [3.63, 3.8) is 0 Å². The van der Waals surface area contributed by atoms with E-state index in [4.69, 9.17) is 14.7 Å². The fourth-order valence-electron chi connectivity index (χ4n) is 4.25. The lowest BCUT2D eigenvalue weighted by Crippen LogP contribution is -2.47. The monoisotopic (exact) mass is 513 g/mol. The molecule has 5 nitrogen and oxygen atoms in total. The van der Waals surface area contributed by atoms with Crippen LogP contribution in [0.2, 0.25) is 0 Å². The van der Waals surface area contributed by atoms with Crippen molar-refractivity contribution in [1.29, 1.82) is 5.26 Å². The van der Waals surface area contributed by atoms with Gasteiger partial charge in [0.1, 0.15) is 17.6 Å². The Kier molecular flexibility index (Phi) is 11.2. The summed E-state index contributed by atoms with van der Waals surface area (Å²) in [4.78, 5) is 4.91. The molecular weight excluding hydrogens is 481 g/mol. The minimum absolute atomic E-state index is 0. The Morgan fingerprint density at radius 3 is 2.17 bits per heavy atom. The first-order chi connectivity index (χ1) is 16.2. The summed E-state index contributed by atoms with van der Waals surface area (Å²) in [5.41, 5.74) is 4.23. The number of aryl methyl sites for hydroxylation is 1. The number of hydrogen-bond acceptors (Lipinski definition) is 5. The number of hydrogen-bond donors (Lipinski definition) is 0. The van der Waals surface area contributed by atoms with E-state index >= 15 is 0 Å². The maximum atomic E-state index is 9.06. The minimum atomic E-state index is -0.0363. The molecule has 0 unspecified atom stereocenters. The van der Waals surface area contributed by atoms with E-state index in [-0.39, 0.29) is 30.9 Å². The predicted molar refractivity (Wildman–Crippen MR) is 146 cm³/mol. The van der Waals surface area contributed by atoms with Crippen molar-refractivity contribution in [3.8, 4) is 17.6 Å². The van der Waals surface area contributed by atoms with Crippen LogP contribution in [0.1, 0.15) is 29.2 Å². The van der Waals surface area contributed by atoms with Crippen LogP contribution in [0.5, 0.6) is 11.5 Å². The van der Waals surface area contributed by atoms with Gasteiger partial charge in [-0.15, -0.1) is 24.8 Å². The van der Waals surface area contributed by atoms with E-state index in [9.17, 15) is 0 Å². The summed E-state index contributed by atoms with van der Waals surface area (Å²) in [5.74, 6) is 1.72. The smallest absolute Gasteiger partial charge is 0.142 e. The molecule has 1 aliphatic rings. The van der Waals surface area contributed by atoms with Gasteiger partial charge >= 0.3 is 0 Å². The molecule has 0 radical (unpaired) electrons. The van der Waals surface area contributed by atoms with Gasteiger partial charge in [0.15, 0.2) is 0 Å². The number of para-hydroxylation sites is 2. The molecule has 0 saturated carbocycles. The standard InChI is InChI=1S/C28H31N3O2.2ClH/c1-22-7-11-24(12-8-22)27(33-25-13-9-23(21-29)10-14-25)15-16-30-17-19-31(20-18-30)26-5-3-4-6-28(26)32-2;;/h3-14,27H,15-20H2,1-2H3;2*1H/t27-;;/m0../s1. The summed E-state index contributed by atoms with van der Waals surface area (Å²) in [6, 6.07) is 26.3. The molecule has 4 rings (SSSR count). The Labute approximate surface area is 221 Å². The average molecular weight is 514 g/mol. The Morgan fingerprint density at radius 2 is 1.54 bits per heavy atom. The number of nitriles is 1. The second-order valence-electron chi connectivity index (χ2n) is 8.44. The molecule has 3 aromatic rings. The van der Waals surface area contributed by atoms with Gasteiger partial charge in [0, 0.05) is 39.1 Å². The molecule has 0 bridgehead atoms. The first-order valence-electron chi connectivity index (χ1n) is 11.5. The van der Waals surface area contributed by atoms with Gasteiger partial charge in [-0.2, -0.15) is 5.26 Å². The summed E-state index contributed by atoms with van der Waals surface area (Å²) in [7, 11) is 1.73. The van der Waals surface area contributed by atoms with Crippen LogP contribution in [-0.4, -0.2) is 44.7 Å². The molecule has 35 heavy (non-hydrogen) atoms. The van der Waals surface area contributed by atoms with Crippen LogP contribution in [-0.2, 0) is 0 Å². The fourth-order valence-corrected chi connectivity index (χ4v) is 4.25. The van der Waals surface area contributed by atoms with Crippen molar-refractivity contribution < 1.29 is 9.47 Å². The zero-order chi connectivity index (χ0) is 23.0. The molecule has 0 N–H and O–H groups in total. The van der Waals surface area contributed by atoms with Gasteiger partial charge in [0.05, 0.1) is 24.4 Å². The molecule has 0 spiro atoms. The molecule has 1 aliphatic heterocycles. The Bertz CT molecular complexity index is 1080. The van der Waals surface area contributed by atoms with Crippen LogP contribution in [0.15, 0.2) is 72.8 Å². The Morgan fingerprint density at radius 1 is 0.886 bits per heavy atom. The number of piperazine rings is 1. The summed E-state index contributed by atoms with van der Waals surface area (Å²) < 4.78 is 11.9. The molecule has 3 aromatic carbocycles. The summed E-state index contributed by atoms with van der Waals surface area (Å²) in [6.07, 6.45) is 0.864. The van der Waals surface area contributed by atoms with Gasteiger partial charge in [0.25, 0.3) is 0 Å². The molecule has 0 aromatic heterocycles. The van der Waals surface area contributed by atoms with E-state index in [0.29, 0.717) is 5.56 Å². The maximum absolute atomic E-state index is 9.06. The van der Waals surface area contributed by atoms with E-state index in [1.54, 1.807) is 19.2 Å². The van der Waals surface area contributed by atoms with Crippen molar-refractivity contribution in [3.05, 3.63) is 89.5 Å². The van der Waals surface area contributed by atoms with Gasteiger partial charge in [-0.1, -0.05) is 42.0 Å². The van der Waals surface area contributed by atoms with Gasteiger partial charge < -0.3 is 14.4 Å². The highest BCUT2D eigenvalue weighted by atomic mass is 35.5. The van der Waals surface area contributed by atoms with E-state index in [1.807, 2.05) is 24.3 Å². The molecule has 1 saturated heterocycles. The lowest BCUT2D eigenvalue weighted by atomic mass is 10.0. The summed E-state index contributed by atoms with van der Waals surface area (Å²) >= 11 is 0. The van der Waals surface area contributed by atoms with Crippen LogP contribution < -0.4 is 14.4 Å².